The number of likely N-dealkylation sites (tertiary alicyclic amines) is 1. The fourth-order valence-electron chi connectivity index (χ4n) is 2.07. The molecule has 94 valence electrons. The summed E-state index contributed by atoms with van der Waals surface area (Å²) < 4.78 is 0. The number of piperidine rings is 1. The van der Waals surface area contributed by atoms with Crippen LogP contribution in [0.1, 0.15) is 35.3 Å². The highest BCUT2D eigenvalue weighted by molar-refractivity contribution is 5.94. The molecule has 1 aliphatic rings. The number of pyridine rings is 1. The quantitative estimate of drug-likeness (QED) is 0.749. The number of nitrogens with two attached hydrogens (primary N) is 1. The van der Waals surface area contributed by atoms with E-state index in [1.807, 2.05) is 11.0 Å². The summed E-state index contributed by atoms with van der Waals surface area (Å²) in [6.07, 6.45) is 4.97. The number of hydrogen-bond donors (Lipinski definition) is 1. The lowest BCUT2D eigenvalue weighted by atomic mass is 10.1. The Bertz CT molecular complexity index is 481. The van der Waals surface area contributed by atoms with Crippen LogP contribution in [-0.4, -0.2) is 35.4 Å². The molecule has 0 aromatic carbocycles. The third-order valence-corrected chi connectivity index (χ3v) is 2.98. The first kappa shape index (κ1) is 12.6. The van der Waals surface area contributed by atoms with Gasteiger partial charge in [-0.15, -0.1) is 0 Å². The Kier molecular flexibility index (Phi) is 4.32. The van der Waals surface area contributed by atoms with Gasteiger partial charge in [-0.05, 0) is 31.4 Å². The van der Waals surface area contributed by atoms with Gasteiger partial charge in [0.1, 0.15) is 5.69 Å². The van der Waals surface area contributed by atoms with Crippen LogP contribution in [0.15, 0.2) is 18.3 Å². The maximum absolute atomic E-state index is 12.3. The predicted octanol–water partition coefficient (Wildman–Crippen LogP) is 1.02. The van der Waals surface area contributed by atoms with Gasteiger partial charge in [0.25, 0.3) is 5.91 Å². The molecule has 2 rings (SSSR count). The lowest BCUT2D eigenvalue weighted by molar-refractivity contribution is 0.0718. The molecule has 2 heterocycles. The van der Waals surface area contributed by atoms with Crippen molar-refractivity contribution in [3.8, 4) is 11.8 Å². The minimum Gasteiger partial charge on any atom is -0.337 e. The zero-order valence-corrected chi connectivity index (χ0v) is 10.4. The molecule has 0 spiro atoms. The molecule has 0 saturated carbocycles. The van der Waals surface area contributed by atoms with Crippen LogP contribution in [-0.2, 0) is 0 Å². The largest absolute Gasteiger partial charge is 0.337 e. The Balaban J connectivity index is 2.23. The first-order valence-corrected chi connectivity index (χ1v) is 6.26. The molecule has 1 amide bonds. The normalized spacial score (nSPS) is 14.8. The van der Waals surface area contributed by atoms with E-state index in [9.17, 15) is 4.79 Å². The van der Waals surface area contributed by atoms with Gasteiger partial charge >= 0.3 is 0 Å². The second kappa shape index (κ2) is 6.18. The van der Waals surface area contributed by atoms with Crippen molar-refractivity contribution in [2.24, 2.45) is 5.73 Å². The van der Waals surface area contributed by atoms with E-state index in [1.54, 1.807) is 12.3 Å². The summed E-state index contributed by atoms with van der Waals surface area (Å²) in [5, 5.41) is 0. The Labute approximate surface area is 107 Å². The van der Waals surface area contributed by atoms with Gasteiger partial charge in [-0.25, -0.2) is 4.98 Å². The molecule has 18 heavy (non-hydrogen) atoms. The molecule has 0 aliphatic carbocycles. The highest BCUT2D eigenvalue weighted by atomic mass is 16.2. The molecular formula is C14H17N3O. The fraction of sp³-hybridized carbons (Fsp3) is 0.429. The third-order valence-electron chi connectivity index (χ3n) is 2.98. The number of carbonyl (C=O) groups is 1. The number of nitrogens with zero attached hydrogens (tertiary/aromatic N) is 2. The number of amides is 1. The van der Waals surface area contributed by atoms with E-state index in [4.69, 9.17) is 5.73 Å². The van der Waals surface area contributed by atoms with Gasteiger partial charge in [-0.2, -0.15) is 0 Å². The summed E-state index contributed by atoms with van der Waals surface area (Å²) in [7, 11) is 0. The minimum atomic E-state index is -0.0170. The first-order chi connectivity index (χ1) is 8.83. The molecule has 1 fully saturated rings. The molecule has 4 nitrogen and oxygen atoms in total. The standard InChI is InChI=1S/C14H17N3O/c15-8-4-6-12-7-5-9-16-13(12)14(18)17-10-2-1-3-11-17/h5,7,9H,1-3,8,10-11,15H2. The average Bonchev–Trinajstić information content (AvgIpc) is 2.45. The minimum absolute atomic E-state index is 0.0170. The summed E-state index contributed by atoms with van der Waals surface area (Å²) in [4.78, 5) is 18.4. The Morgan fingerprint density at radius 2 is 2.17 bits per heavy atom. The van der Waals surface area contributed by atoms with Gasteiger partial charge in [-0.1, -0.05) is 11.8 Å². The monoisotopic (exact) mass is 243 g/mol. The van der Waals surface area contributed by atoms with Gasteiger partial charge in [0.05, 0.1) is 12.1 Å². The van der Waals surface area contributed by atoms with Crippen LogP contribution in [0.3, 0.4) is 0 Å². The molecule has 1 aliphatic heterocycles. The summed E-state index contributed by atoms with van der Waals surface area (Å²) in [6, 6.07) is 3.60. The van der Waals surface area contributed by atoms with Gasteiger partial charge in [0.15, 0.2) is 0 Å². The molecule has 0 bridgehead atoms. The van der Waals surface area contributed by atoms with Gasteiger partial charge in [0, 0.05) is 19.3 Å². The fourth-order valence-corrected chi connectivity index (χ4v) is 2.07. The van der Waals surface area contributed by atoms with Crippen LogP contribution in [0.25, 0.3) is 0 Å². The topological polar surface area (TPSA) is 59.2 Å². The van der Waals surface area contributed by atoms with Crippen LogP contribution in [0.5, 0.6) is 0 Å². The van der Waals surface area contributed by atoms with Crippen molar-refractivity contribution in [2.45, 2.75) is 19.3 Å². The second-order valence-electron chi connectivity index (χ2n) is 4.26. The third kappa shape index (κ3) is 2.88. The predicted molar refractivity (Wildman–Crippen MR) is 69.9 cm³/mol. The number of aromatic nitrogens is 1. The Morgan fingerprint density at radius 3 is 2.89 bits per heavy atom. The van der Waals surface area contributed by atoms with Crippen molar-refractivity contribution in [1.29, 1.82) is 0 Å². The molecule has 2 N–H and O–H groups in total. The second-order valence-corrected chi connectivity index (χ2v) is 4.26. The van der Waals surface area contributed by atoms with Crippen LogP contribution < -0.4 is 5.73 Å². The van der Waals surface area contributed by atoms with E-state index in [0.29, 0.717) is 11.3 Å². The maximum atomic E-state index is 12.3. The lowest BCUT2D eigenvalue weighted by Crippen LogP contribution is -2.36. The van der Waals surface area contributed by atoms with E-state index in [-0.39, 0.29) is 12.5 Å². The summed E-state index contributed by atoms with van der Waals surface area (Å²) in [6.45, 7) is 1.92. The van der Waals surface area contributed by atoms with Crippen LogP contribution >= 0.6 is 0 Å². The molecule has 1 aromatic rings. The summed E-state index contributed by atoms with van der Waals surface area (Å²) in [5.41, 5.74) is 6.47. The first-order valence-electron chi connectivity index (χ1n) is 6.26. The van der Waals surface area contributed by atoms with Crippen molar-refractivity contribution >= 4 is 5.91 Å². The Hall–Kier alpha value is -1.86. The van der Waals surface area contributed by atoms with E-state index in [1.165, 1.54) is 6.42 Å². The van der Waals surface area contributed by atoms with E-state index >= 15 is 0 Å². The molecular weight excluding hydrogens is 226 g/mol. The summed E-state index contributed by atoms with van der Waals surface area (Å²) >= 11 is 0. The molecule has 4 heteroatoms. The zero-order valence-electron chi connectivity index (χ0n) is 10.4. The van der Waals surface area contributed by atoms with Gasteiger partial charge in [-0.3, -0.25) is 4.79 Å². The van der Waals surface area contributed by atoms with E-state index in [2.05, 4.69) is 16.8 Å². The average molecular weight is 243 g/mol. The van der Waals surface area contributed by atoms with Crippen molar-refractivity contribution in [3.63, 3.8) is 0 Å². The van der Waals surface area contributed by atoms with Crippen molar-refractivity contribution in [1.82, 2.24) is 9.88 Å². The SMILES string of the molecule is NCC#Cc1cccnc1C(=O)N1CCCCC1. The van der Waals surface area contributed by atoms with Crippen molar-refractivity contribution in [2.75, 3.05) is 19.6 Å². The summed E-state index contributed by atoms with van der Waals surface area (Å²) in [5.74, 6) is 5.66. The molecule has 0 radical (unpaired) electrons. The Morgan fingerprint density at radius 1 is 1.39 bits per heavy atom. The molecule has 0 atom stereocenters. The number of rotatable bonds is 1. The van der Waals surface area contributed by atoms with E-state index in [0.717, 1.165) is 25.9 Å². The van der Waals surface area contributed by atoms with Crippen LogP contribution in [0, 0.1) is 11.8 Å². The van der Waals surface area contributed by atoms with Crippen LogP contribution in [0.4, 0.5) is 0 Å². The van der Waals surface area contributed by atoms with Crippen molar-refractivity contribution in [3.05, 3.63) is 29.6 Å². The van der Waals surface area contributed by atoms with Crippen LogP contribution in [0.2, 0.25) is 0 Å². The molecule has 1 aromatic heterocycles. The lowest BCUT2D eigenvalue weighted by Gasteiger charge is -2.26. The number of hydrogen-bond acceptors (Lipinski definition) is 3. The number of carbonyl (C=O) groups excluding carboxylic acids is 1. The van der Waals surface area contributed by atoms with Gasteiger partial charge < -0.3 is 10.6 Å². The van der Waals surface area contributed by atoms with Crippen molar-refractivity contribution < 1.29 is 4.79 Å². The smallest absolute Gasteiger partial charge is 0.273 e. The maximum Gasteiger partial charge on any atom is 0.273 e. The highest BCUT2D eigenvalue weighted by Gasteiger charge is 2.21. The van der Waals surface area contributed by atoms with Gasteiger partial charge in [0.2, 0.25) is 0 Å². The zero-order chi connectivity index (χ0) is 12.8. The highest BCUT2D eigenvalue weighted by Crippen LogP contribution is 2.14. The molecule has 1 saturated heterocycles. The van der Waals surface area contributed by atoms with E-state index < -0.39 is 0 Å². The molecule has 0 unspecified atom stereocenters.